The molecule has 0 aliphatic rings. The number of methoxy groups -OCH3 is 2. The Hall–Kier alpha value is -2.34. The van der Waals surface area contributed by atoms with E-state index < -0.39 is 0 Å². The quantitative estimate of drug-likeness (QED) is 0.896. The van der Waals surface area contributed by atoms with Crippen molar-refractivity contribution in [3.8, 4) is 5.75 Å². The molecule has 0 saturated carbocycles. The summed E-state index contributed by atoms with van der Waals surface area (Å²) in [4.78, 5) is 28.0. The lowest BCUT2D eigenvalue weighted by Crippen LogP contribution is -2.31. The number of nitrogens with one attached hydrogen (secondary N) is 1. The summed E-state index contributed by atoms with van der Waals surface area (Å²) in [7, 11) is 4.68. The molecule has 0 bridgehead atoms. The number of H-pyrrole nitrogens is 1. The SMILES string of the molecule is COCC(=O)N(C)Cc1cc2cc(OC)ccc2[nH]c1=O. The molecule has 6 heteroatoms. The number of aromatic amines is 1. The van der Waals surface area contributed by atoms with Gasteiger partial charge in [-0.3, -0.25) is 9.59 Å². The monoisotopic (exact) mass is 290 g/mol. The minimum atomic E-state index is -0.204. The lowest BCUT2D eigenvalue weighted by molar-refractivity contribution is -0.134. The number of pyridine rings is 1. The van der Waals surface area contributed by atoms with Gasteiger partial charge in [0.1, 0.15) is 12.4 Å². The van der Waals surface area contributed by atoms with E-state index in [1.165, 1.54) is 12.0 Å². The van der Waals surface area contributed by atoms with E-state index in [0.717, 1.165) is 10.9 Å². The summed E-state index contributed by atoms with van der Waals surface area (Å²) in [6.07, 6.45) is 0. The number of carbonyl (C=O) groups is 1. The van der Waals surface area contributed by atoms with Gasteiger partial charge in [-0.2, -0.15) is 0 Å². The van der Waals surface area contributed by atoms with Gasteiger partial charge >= 0.3 is 0 Å². The van der Waals surface area contributed by atoms with Gasteiger partial charge in [-0.05, 0) is 24.3 Å². The maximum absolute atomic E-state index is 12.0. The van der Waals surface area contributed by atoms with Gasteiger partial charge in [0, 0.05) is 30.6 Å². The van der Waals surface area contributed by atoms with Crippen molar-refractivity contribution in [1.82, 2.24) is 9.88 Å². The van der Waals surface area contributed by atoms with Crippen LogP contribution in [0.5, 0.6) is 5.75 Å². The second kappa shape index (κ2) is 6.41. The van der Waals surface area contributed by atoms with Gasteiger partial charge < -0.3 is 19.4 Å². The first-order chi connectivity index (χ1) is 10.0. The van der Waals surface area contributed by atoms with Crippen LogP contribution in [0.2, 0.25) is 0 Å². The molecule has 0 aliphatic carbocycles. The molecule has 0 spiro atoms. The molecule has 1 heterocycles. The average Bonchev–Trinajstić information content (AvgIpc) is 2.47. The van der Waals surface area contributed by atoms with E-state index in [2.05, 4.69) is 4.98 Å². The first kappa shape index (κ1) is 15.1. The number of amides is 1. The van der Waals surface area contributed by atoms with E-state index >= 15 is 0 Å². The Kier molecular flexibility index (Phi) is 4.59. The lowest BCUT2D eigenvalue weighted by atomic mass is 10.1. The second-order valence-corrected chi connectivity index (χ2v) is 4.76. The minimum Gasteiger partial charge on any atom is -0.497 e. The highest BCUT2D eigenvalue weighted by Crippen LogP contribution is 2.19. The highest BCUT2D eigenvalue weighted by atomic mass is 16.5. The van der Waals surface area contributed by atoms with E-state index in [1.54, 1.807) is 32.4 Å². The zero-order chi connectivity index (χ0) is 15.4. The van der Waals surface area contributed by atoms with Crippen LogP contribution in [-0.2, 0) is 16.1 Å². The van der Waals surface area contributed by atoms with Crippen molar-refractivity contribution in [2.75, 3.05) is 27.9 Å². The van der Waals surface area contributed by atoms with Gasteiger partial charge in [0.05, 0.1) is 13.7 Å². The largest absolute Gasteiger partial charge is 0.497 e. The Labute approximate surface area is 122 Å². The Balaban J connectivity index is 2.33. The van der Waals surface area contributed by atoms with Crippen LogP contribution < -0.4 is 10.3 Å². The first-order valence-corrected chi connectivity index (χ1v) is 6.48. The number of hydrogen-bond acceptors (Lipinski definition) is 4. The van der Waals surface area contributed by atoms with Crippen molar-refractivity contribution in [3.05, 3.63) is 40.2 Å². The van der Waals surface area contributed by atoms with Crippen LogP contribution in [0.3, 0.4) is 0 Å². The molecule has 21 heavy (non-hydrogen) atoms. The summed E-state index contributed by atoms with van der Waals surface area (Å²) < 4.78 is 9.97. The Bertz CT molecular complexity index is 708. The van der Waals surface area contributed by atoms with Crippen LogP contribution in [0.25, 0.3) is 10.9 Å². The van der Waals surface area contributed by atoms with Crippen LogP contribution in [0.1, 0.15) is 5.56 Å². The molecule has 0 aliphatic heterocycles. The fourth-order valence-corrected chi connectivity index (χ4v) is 2.05. The van der Waals surface area contributed by atoms with E-state index in [4.69, 9.17) is 9.47 Å². The molecular weight excluding hydrogens is 272 g/mol. The van der Waals surface area contributed by atoms with Gasteiger partial charge in [-0.25, -0.2) is 0 Å². The molecule has 0 radical (unpaired) electrons. The Morgan fingerprint density at radius 1 is 1.29 bits per heavy atom. The third-order valence-corrected chi connectivity index (χ3v) is 3.23. The first-order valence-electron chi connectivity index (χ1n) is 6.48. The topological polar surface area (TPSA) is 71.6 Å². The zero-order valence-electron chi connectivity index (χ0n) is 12.3. The molecule has 6 nitrogen and oxygen atoms in total. The number of ether oxygens (including phenoxy) is 2. The van der Waals surface area contributed by atoms with Gasteiger partial charge in [0.15, 0.2) is 0 Å². The Morgan fingerprint density at radius 2 is 2.05 bits per heavy atom. The van der Waals surface area contributed by atoms with Crippen LogP contribution in [0.15, 0.2) is 29.1 Å². The van der Waals surface area contributed by atoms with Gasteiger partial charge in [-0.15, -0.1) is 0 Å². The average molecular weight is 290 g/mol. The molecule has 1 N–H and O–H groups in total. The highest BCUT2D eigenvalue weighted by molar-refractivity contribution is 5.81. The smallest absolute Gasteiger partial charge is 0.253 e. The minimum absolute atomic E-state index is 0.00416. The van der Waals surface area contributed by atoms with Crippen molar-refractivity contribution < 1.29 is 14.3 Å². The molecular formula is C15H18N2O4. The second-order valence-electron chi connectivity index (χ2n) is 4.76. The number of rotatable bonds is 5. The maximum atomic E-state index is 12.0. The van der Waals surface area contributed by atoms with Crippen LogP contribution in [-0.4, -0.2) is 43.7 Å². The molecule has 1 amide bonds. The van der Waals surface area contributed by atoms with Gasteiger partial charge in [0.25, 0.3) is 5.56 Å². The lowest BCUT2D eigenvalue weighted by Gasteiger charge is -2.16. The van der Waals surface area contributed by atoms with Crippen molar-refractivity contribution in [3.63, 3.8) is 0 Å². The van der Waals surface area contributed by atoms with Crippen molar-refractivity contribution in [2.45, 2.75) is 6.54 Å². The molecule has 2 aromatic rings. The summed E-state index contributed by atoms with van der Waals surface area (Å²) in [6.45, 7) is 0.223. The zero-order valence-corrected chi connectivity index (χ0v) is 12.3. The normalized spacial score (nSPS) is 10.6. The van der Waals surface area contributed by atoms with Crippen LogP contribution in [0, 0.1) is 0 Å². The summed E-state index contributed by atoms with van der Waals surface area (Å²) in [5, 5.41) is 0.858. The number of likely N-dealkylation sites (N-methyl/N-ethyl adjacent to an activating group) is 1. The summed E-state index contributed by atoms with van der Waals surface area (Å²) in [5.41, 5.74) is 1.04. The predicted octanol–water partition coefficient (Wildman–Crippen LogP) is 1.14. The third kappa shape index (κ3) is 3.41. The molecule has 1 aromatic heterocycles. The third-order valence-electron chi connectivity index (χ3n) is 3.23. The highest BCUT2D eigenvalue weighted by Gasteiger charge is 2.11. The molecule has 2 rings (SSSR count). The van der Waals surface area contributed by atoms with Crippen LogP contribution in [0.4, 0.5) is 0 Å². The van der Waals surface area contributed by atoms with E-state index in [-0.39, 0.29) is 24.6 Å². The molecule has 0 atom stereocenters. The van der Waals surface area contributed by atoms with E-state index in [1.807, 2.05) is 6.07 Å². The number of benzene rings is 1. The standard InChI is InChI=1S/C15H18N2O4/c1-17(14(18)9-20-2)8-11-6-10-7-12(21-3)4-5-13(10)16-15(11)19/h4-7H,8-9H2,1-3H3,(H,16,19). The van der Waals surface area contributed by atoms with Crippen molar-refractivity contribution in [1.29, 1.82) is 0 Å². The maximum Gasteiger partial charge on any atom is 0.253 e. The molecule has 112 valence electrons. The van der Waals surface area contributed by atoms with Gasteiger partial charge in [0.2, 0.25) is 5.91 Å². The number of carbonyl (C=O) groups excluding carboxylic acids is 1. The predicted molar refractivity (Wildman–Crippen MR) is 79.5 cm³/mol. The summed E-state index contributed by atoms with van der Waals surface area (Å²) in [6, 6.07) is 7.18. The molecule has 0 saturated heterocycles. The number of nitrogens with zero attached hydrogens (tertiary/aromatic N) is 1. The van der Waals surface area contributed by atoms with E-state index in [0.29, 0.717) is 11.3 Å². The van der Waals surface area contributed by atoms with Gasteiger partial charge in [-0.1, -0.05) is 0 Å². The molecule has 0 unspecified atom stereocenters. The van der Waals surface area contributed by atoms with E-state index in [9.17, 15) is 9.59 Å². The summed E-state index contributed by atoms with van der Waals surface area (Å²) >= 11 is 0. The summed E-state index contributed by atoms with van der Waals surface area (Å²) in [5.74, 6) is 0.534. The van der Waals surface area contributed by atoms with Crippen LogP contribution >= 0.6 is 0 Å². The number of fused-ring (bicyclic) bond motifs is 1. The Morgan fingerprint density at radius 3 is 2.71 bits per heavy atom. The number of aromatic nitrogens is 1. The molecule has 1 aromatic carbocycles. The van der Waals surface area contributed by atoms with Crippen molar-refractivity contribution >= 4 is 16.8 Å². The fourth-order valence-electron chi connectivity index (χ4n) is 2.05. The molecule has 0 fully saturated rings. The number of hydrogen-bond donors (Lipinski definition) is 1. The fraction of sp³-hybridized carbons (Fsp3) is 0.333. The van der Waals surface area contributed by atoms with Crippen molar-refractivity contribution in [2.24, 2.45) is 0 Å².